The van der Waals surface area contributed by atoms with Crippen molar-refractivity contribution in [2.24, 2.45) is 0 Å². The lowest BCUT2D eigenvalue weighted by Crippen LogP contribution is -2.43. The predicted molar refractivity (Wildman–Crippen MR) is 63.1 cm³/mol. The van der Waals surface area contributed by atoms with Crippen LogP contribution >= 0.6 is 11.6 Å². The van der Waals surface area contributed by atoms with E-state index in [1.165, 1.54) is 6.33 Å². The number of anilines is 1. The Balaban J connectivity index is 1.91. The second-order valence-corrected chi connectivity index (χ2v) is 4.85. The highest BCUT2D eigenvalue weighted by Gasteiger charge is 2.35. The van der Waals surface area contributed by atoms with E-state index in [1.807, 2.05) is 0 Å². The minimum absolute atomic E-state index is 0.137. The Morgan fingerprint density at radius 2 is 2.06 bits per heavy atom. The van der Waals surface area contributed by atoms with Crippen LogP contribution in [0.2, 0.25) is 5.15 Å². The van der Waals surface area contributed by atoms with Crippen molar-refractivity contribution in [3.63, 3.8) is 0 Å². The van der Waals surface area contributed by atoms with Gasteiger partial charge in [0.2, 0.25) is 0 Å². The van der Waals surface area contributed by atoms with E-state index in [9.17, 15) is 5.11 Å². The number of aliphatic hydroxyl groups is 1. The average Bonchev–Trinajstić information content (AvgIpc) is 2.68. The fourth-order valence-corrected chi connectivity index (χ4v) is 2.77. The molecule has 2 atom stereocenters. The van der Waals surface area contributed by atoms with Gasteiger partial charge in [0.15, 0.2) is 0 Å². The zero-order chi connectivity index (χ0) is 11.8. The molecule has 0 aromatic carbocycles. The van der Waals surface area contributed by atoms with E-state index in [-0.39, 0.29) is 18.8 Å². The molecular formula is C11H14ClN3O2. The third kappa shape index (κ3) is 1.99. The van der Waals surface area contributed by atoms with Gasteiger partial charge in [-0.05, 0) is 12.8 Å². The highest BCUT2D eigenvalue weighted by atomic mass is 35.5. The molecule has 1 N–H and O–H groups in total. The molecule has 2 bridgehead atoms. The van der Waals surface area contributed by atoms with E-state index >= 15 is 0 Å². The number of fused-ring (bicyclic) bond motifs is 2. The van der Waals surface area contributed by atoms with Crippen molar-refractivity contribution in [1.82, 2.24) is 9.97 Å². The number of hydrogen-bond donors (Lipinski definition) is 1. The molecule has 5 nitrogen and oxygen atoms in total. The quantitative estimate of drug-likeness (QED) is 0.799. The van der Waals surface area contributed by atoms with Crippen molar-refractivity contribution >= 4 is 17.4 Å². The Morgan fingerprint density at radius 3 is 2.71 bits per heavy atom. The summed E-state index contributed by atoms with van der Waals surface area (Å²) in [5, 5.41) is 9.68. The minimum atomic E-state index is -0.137. The number of aliphatic hydroxyl groups excluding tert-OH is 1. The zero-order valence-corrected chi connectivity index (χ0v) is 10.1. The molecule has 0 saturated carbocycles. The predicted octanol–water partition coefficient (Wildman–Crippen LogP) is 0.990. The smallest absolute Gasteiger partial charge is 0.140 e. The van der Waals surface area contributed by atoms with Crippen molar-refractivity contribution in [2.75, 3.05) is 18.0 Å². The van der Waals surface area contributed by atoms with Gasteiger partial charge in [-0.15, -0.1) is 0 Å². The van der Waals surface area contributed by atoms with Gasteiger partial charge in [-0.3, -0.25) is 0 Å². The van der Waals surface area contributed by atoms with Crippen LogP contribution in [0, 0.1) is 0 Å². The maximum atomic E-state index is 9.35. The van der Waals surface area contributed by atoms with Gasteiger partial charge < -0.3 is 14.7 Å². The number of hydrogen-bond acceptors (Lipinski definition) is 5. The summed E-state index contributed by atoms with van der Waals surface area (Å²) >= 11 is 5.97. The fourth-order valence-electron chi connectivity index (χ4n) is 2.58. The molecule has 0 spiro atoms. The number of aromatic nitrogens is 2. The van der Waals surface area contributed by atoms with E-state index in [4.69, 9.17) is 16.3 Å². The molecule has 6 heteroatoms. The lowest BCUT2D eigenvalue weighted by Gasteiger charge is -2.33. The minimum Gasteiger partial charge on any atom is -0.391 e. The second kappa shape index (κ2) is 4.40. The first-order valence-corrected chi connectivity index (χ1v) is 6.16. The highest BCUT2D eigenvalue weighted by Crippen LogP contribution is 2.31. The van der Waals surface area contributed by atoms with E-state index in [0.29, 0.717) is 10.7 Å². The summed E-state index contributed by atoms with van der Waals surface area (Å²) in [6, 6.07) is 0. The van der Waals surface area contributed by atoms with Crippen molar-refractivity contribution < 1.29 is 9.84 Å². The maximum Gasteiger partial charge on any atom is 0.140 e. The average molecular weight is 256 g/mol. The van der Waals surface area contributed by atoms with Crippen molar-refractivity contribution in [3.8, 4) is 0 Å². The van der Waals surface area contributed by atoms with Gasteiger partial charge in [-0.2, -0.15) is 0 Å². The van der Waals surface area contributed by atoms with Gasteiger partial charge in [0.1, 0.15) is 17.3 Å². The van der Waals surface area contributed by atoms with Gasteiger partial charge in [-0.25, -0.2) is 9.97 Å². The Morgan fingerprint density at radius 1 is 1.35 bits per heavy atom. The molecule has 2 unspecified atom stereocenters. The fraction of sp³-hybridized carbons (Fsp3) is 0.636. The van der Waals surface area contributed by atoms with Crippen molar-refractivity contribution in [1.29, 1.82) is 0 Å². The molecule has 0 radical (unpaired) electrons. The molecule has 0 aliphatic carbocycles. The summed E-state index contributed by atoms with van der Waals surface area (Å²) in [4.78, 5) is 10.3. The molecule has 92 valence electrons. The number of ether oxygens (including phenoxy) is 1. The summed E-state index contributed by atoms with van der Waals surface area (Å²) in [5.74, 6) is 0.743. The normalized spacial score (nSPS) is 27.5. The van der Waals surface area contributed by atoms with Crippen molar-refractivity contribution in [3.05, 3.63) is 17.0 Å². The van der Waals surface area contributed by atoms with E-state index in [2.05, 4.69) is 14.9 Å². The van der Waals surface area contributed by atoms with Crippen LogP contribution < -0.4 is 4.90 Å². The van der Waals surface area contributed by atoms with Crippen LogP contribution in [0.1, 0.15) is 18.4 Å². The first-order chi connectivity index (χ1) is 8.28. The van der Waals surface area contributed by atoms with Gasteiger partial charge >= 0.3 is 0 Å². The van der Waals surface area contributed by atoms with Crippen LogP contribution in [-0.2, 0) is 11.3 Å². The molecule has 2 fully saturated rings. The van der Waals surface area contributed by atoms with E-state index in [0.717, 1.165) is 31.7 Å². The maximum absolute atomic E-state index is 9.35. The van der Waals surface area contributed by atoms with Gasteiger partial charge in [0, 0.05) is 13.1 Å². The molecule has 2 aliphatic rings. The van der Waals surface area contributed by atoms with Crippen LogP contribution in [0.5, 0.6) is 0 Å². The van der Waals surface area contributed by atoms with Crippen LogP contribution in [-0.4, -0.2) is 40.4 Å². The summed E-state index contributed by atoms with van der Waals surface area (Å²) in [6.45, 7) is 1.50. The van der Waals surface area contributed by atoms with Gasteiger partial charge in [-0.1, -0.05) is 11.6 Å². The number of rotatable bonds is 2. The molecule has 2 saturated heterocycles. The highest BCUT2D eigenvalue weighted by molar-refractivity contribution is 6.30. The van der Waals surface area contributed by atoms with Crippen molar-refractivity contribution in [2.45, 2.75) is 31.7 Å². The zero-order valence-electron chi connectivity index (χ0n) is 9.34. The van der Waals surface area contributed by atoms with Gasteiger partial charge in [0.25, 0.3) is 0 Å². The summed E-state index contributed by atoms with van der Waals surface area (Å²) in [6.07, 6.45) is 4.22. The molecule has 0 amide bonds. The molecule has 17 heavy (non-hydrogen) atoms. The number of halogens is 1. The van der Waals surface area contributed by atoms with E-state index in [1.54, 1.807) is 0 Å². The molecule has 1 aromatic heterocycles. The first kappa shape index (κ1) is 11.2. The topological polar surface area (TPSA) is 58.5 Å². The first-order valence-electron chi connectivity index (χ1n) is 5.78. The summed E-state index contributed by atoms with van der Waals surface area (Å²) in [5.41, 5.74) is 0.607. The largest absolute Gasteiger partial charge is 0.391 e. The number of nitrogens with zero attached hydrogens (tertiary/aromatic N) is 3. The second-order valence-electron chi connectivity index (χ2n) is 4.49. The van der Waals surface area contributed by atoms with Crippen LogP contribution in [0.25, 0.3) is 0 Å². The molecular weight excluding hydrogens is 242 g/mol. The van der Waals surface area contributed by atoms with E-state index < -0.39 is 0 Å². The molecule has 2 aliphatic heterocycles. The molecule has 1 aromatic rings. The monoisotopic (exact) mass is 255 g/mol. The lowest BCUT2D eigenvalue weighted by atomic mass is 10.2. The van der Waals surface area contributed by atoms with Gasteiger partial charge in [0.05, 0.1) is 24.4 Å². The Bertz CT molecular complexity index is 417. The summed E-state index contributed by atoms with van der Waals surface area (Å²) < 4.78 is 5.77. The Hall–Kier alpha value is -0.910. The molecule has 3 heterocycles. The standard InChI is InChI=1S/C11H14ClN3O2/c12-10-9(5-16)11(14-6-13-10)15-3-7-1-2-8(4-15)17-7/h6-8,16H,1-5H2. The van der Waals surface area contributed by atoms with Crippen LogP contribution in [0.4, 0.5) is 5.82 Å². The number of morpholine rings is 1. The lowest BCUT2D eigenvalue weighted by molar-refractivity contribution is 0.0301. The molecule has 3 rings (SSSR count). The SMILES string of the molecule is OCc1c(Cl)ncnc1N1CC2CCC(C1)O2. The van der Waals surface area contributed by atoms with Crippen LogP contribution in [0.15, 0.2) is 6.33 Å². The third-order valence-electron chi connectivity index (χ3n) is 3.37. The Kier molecular flexibility index (Phi) is 2.90. The summed E-state index contributed by atoms with van der Waals surface area (Å²) in [7, 11) is 0. The van der Waals surface area contributed by atoms with Crippen LogP contribution in [0.3, 0.4) is 0 Å². The third-order valence-corrected chi connectivity index (χ3v) is 3.70. The Labute approximate surface area is 104 Å².